The van der Waals surface area contributed by atoms with E-state index in [1.807, 2.05) is 0 Å². The summed E-state index contributed by atoms with van der Waals surface area (Å²) >= 11 is 0. The van der Waals surface area contributed by atoms with Gasteiger partial charge in [-0.1, -0.05) is 18.2 Å². The molecule has 3 aromatic rings. The third kappa shape index (κ3) is 3.16. The van der Waals surface area contributed by atoms with Crippen molar-refractivity contribution in [1.82, 2.24) is 14.4 Å². The molecular weight excluding hydrogens is 355 g/mol. The van der Waals surface area contributed by atoms with Crippen LogP contribution >= 0.6 is 0 Å². The number of hydrogen-bond donors (Lipinski definition) is 3. The maximum Gasteiger partial charge on any atom is 0.257 e. The highest BCUT2D eigenvalue weighted by Crippen LogP contribution is 2.36. The lowest BCUT2D eigenvalue weighted by atomic mass is 10.1. The summed E-state index contributed by atoms with van der Waals surface area (Å²) in [6.45, 7) is -0.482. The zero-order chi connectivity index (χ0) is 19.0. The van der Waals surface area contributed by atoms with Crippen LogP contribution in [0, 0.1) is 0 Å². The molecule has 0 bridgehead atoms. The number of rotatable bonds is 4. The summed E-state index contributed by atoms with van der Waals surface area (Å²) in [4.78, 5) is 20.5. The molecule has 1 saturated heterocycles. The lowest BCUT2D eigenvalue weighted by Crippen LogP contribution is -2.30. The molecule has 0 saturated carbocycles. The van der Waals surface area contributed by atoms with Gasteiger partial charge < -0.3 is 14.9 Å². The van der Waals surface area contributed by atoms with Gasteiger partial charge in [-0.25, -0.2) is 14.4 Å². The molecule has 1 aliphatic rings. The van der Waals surface area contributed by atoms with Crippen molar-refractivity contribution in [2.24, 2.45) is 0 Å². The Morgan fingerprint density at radius 1 is 1.30 bits per heavy atom. The maximum atomic E-state index is 14.4. The fourth-order valence-electron chi connectivity index (χ4n) is 3.10. The van der Waals surface area contributed by atoms with Crippen LogP contribution in [0.3, 0.4) is 0 Å². The predicted octanol–water partition coefficient (Wildman–Crippen LogP) is 1.11. The zero-order valence-electron chi connectivity index (χ0n) is 14.1. The van der Waals surface area contributed by atoms with Gasteiger partial charge in [-0.15, -0.1) is 0 Å². The second kappa shape index (κ2) is 7.03. The number of aliphatic hydroxyl groups is 2. The first-order chi connectivity index (χ1) is 13.1. The monoisotopic (exact) mass is 372 g/mol. The van der Waals surface area contributed by atoms with Crippen molar-refractivity contribution in [3.05, 3.63) is 60.0 Å². The molecule has 1 amide bonds. The van der Waals surface area contributed by atoms with E-state index >= 15 is 0 Å². The van der Waals surface area contributed by atoms with E-state index in [0.29, 0.717) is 16.8 Å². The summed E-state index contributed by atoms with van der Waals surface area (Å²) in [5.41, 5.74) is 1.32. The van der Waals surface area contributed by atoms with Gasteiger partial charge in [0.1, 0.15) is 30.3 Å². The van der Waals surface area contributed by atoms with Crippen LogP contribution in [-0.2, 0) is 4.74 Å². The van der Waals surface area contributed by atoms with Gasteiger partial charge in [-0.2, -0.15) is 0 Å². The number of carbonyl (C=O) groups excluding carboxylic acids is 1. The van der Waals surface area contributed by atoms with E-state index in [0.717, 1.165) is 0 Å². The summed E-state index contributed by atoms with van der Waals surface area (Å²) in [7, 11) is 0. The number of hydrogen-bond acceptors (Lipinski definition) is 6. The molecule has 4 atom stereocenters. The first-order valence-electron chi connectivity index (χ1n) is 8.36. The van der Waals surface area contributed by atoms with Crippen LogP contribution in [0.15, 0.2) is 48.9 Å². The molecule has 27 heavy (non-hydrogen) atoms. The molecule has 140 valence electrons. The summed E-state index contributed by atoms with van der Waals surface area (Å²) in [6, 6.07) is 10.2. The molecule has 0 aliphatic carbocycles. The summed E-state index contributed by atoms with van der Waals surface area (Å²) < 4.78 is 21.3. The Labute approximate surface area is 153 Å². The predicted molar refractivity (Wildman–Crippen MR) is 93.0 cm³/mol. The Bertz CT molecular complexity index is 964. The summed E-state index contributed by atoms with van der Waals surface area (Å²) in [5, 5.41) is 21.7. The number of aromatic nitrogens is 3. The largest absolute Gasteiger partial charge is 0.394 e. The van der Waals surface area contributed by atoms with Crippen LogP contribution in [0.25, 0.3) is 5.65 Å². The topological polar surface area (TPSA) is 109 Å². The molecule has 1 aromatic carbocycles. The minimum absolute atomic E-state index is 0.216. The van der Waals surface area contributed by atoms with E-state index in [9.17, 15) is 19.4 Å². The number of ether oxygens (including phenoxy) is 1. The molecule has 3 heterocycles. The normalized spacial score (nSPS) is 25.0. The van der Waals surface area contributed by atoms with Crippen molar-refractivity contribution in [1.29, 1.82) is 0 Å². The van der Waals surface area contributed by atoms with E-state index in [1.165, 1.54) is 10.7 Å². The van der Waals surface area contributed by atoms with Gasteiger partial charge in [-0.3, -0.25) is 14.5 Å². The van der Waals surface area contributed by atoms with Gasteiger partial charge in [0.05, 0.1) is 6.61 Å². The molecule has 3 N–H and O–H groups in total. The first-order valence-corrected chi connectivity index (χ1v) is 8.36. The van der Waals surface area contributed by atoms with Crippen LogP contribution in [-0.4, -0.2) is 55.5 Å². The van der Waals surface area contributed by atoms with Crippen LogP contribution in [0.2, 0.25) is 0 Å². The van der Waals surface area contributed by atoms with Gasteiger partial charge in [0, 0.05) is 17.3 Å². The molecule has 1 fully saturated rings. The molecular formula is C18H17FN4O4. The number of halogens is 1. The fraction of sp³-hybridized carbons (Fsp3) is 0.278. The highest BCUT2D eigenvalue weighted by atomic mass is 19.1. The van der Waals surface area contributed by atoms with Gasteiger partial charge in [0.15, 0.2) is 6.17 Å². The SMILES string of the molecule is O=C(Nc1ncnc2cc([C@@H]3O[C@H](CO)[C@@H](O)[C@H]3F)cn12)c1ccccc1. The molecule has 0 unspecified atom stereocenters. The number of fused-ring (bicyclic) bond motifs is 1. The number of alkyl halides is 1. The molecule has 1 aliphatic heterocycles. The van der Waals surface area contributed by atoms with E-state index in [2.05, 4.69) is 15.3 Å². The number of anilines is 1. The molecule has 0 spiro atoms. The standard InChI is InChI=1S/C18H17FN4O4/c19-14-15(25)12(8-24)27-16(14)11-6-13-20-9-21-18(23(13)7-11)22-17(26)10-4-2-1-3-5-10/h1-7,9,12,14-16,24-25H,8H2,(H,20,21,22,26)/t12-,14-,15-,16+/m1/s1. The molecule has 8 nitrogen and oxygen atoms in total. The Morgan fingerprint density at radius 3 is 2.78 bits per heavy atom. The number of aliphatic hydroxyl groups excluding tert-OH is 2. The second-order valence-corrected chi connectivity index (χ2v) is 6.23. The average Bonchev–Trinajstić information content (AvgIpc) is 3.25. The lowest BCUT2D eigenvalue weighted by molar-refractivity contribution is -0.0225. The van der Waals surface area contributed by atoms with Gasteiger partial charge in [-0.05, 0) is 18.2 Å². The van der Waals surface area contributed by atoms with Crippen molar-refractivity contribution in [2.45, 2.75) is 24.5 Å². The van der Waals surface area contributed by atoms with Crippen LogP contribution < -0.4 is 5.32 Å². The quantitative estimate of drug-likeness (QED) is 0.633. The van der Waals surface area contributed by atoms with E-state index < -0.39 is 31.1 Å². The van der Waals surface area contributed by atoms with E-state index in [-0.39, 0.29) is 11.9 Å². The number of nitrogens with zero attached hydrogens (tertiary/aromatic N) is 3. The molecule has 0 radical (unpaired) electrons. The number of nitrogens with one attached hydrogen (secondary N) is 1. The summed E-state index contributed by atoms with van der Waals surface area (Å²) in [6.07, 6.45) is -2.30. The smallest absolute Gasteiger partial charge is 0.257 e. The van der Waals surface area contributed by atoms with Crippen molar-refractivity contribution in [3.63, 3.8) is 0 Å². The number of benzene rings is 1. The minimum atomic E-state index is -1.69. The molecule has 2 aromatic heterocycles. The Morgan fingerprint density at radius 2 is 2.07 bits per heavy atom. The highest BCUT2D eigenvalue weighted by molar-refractivity contribution is 6.03. The Balaban J connectivity index is 1.64. The van der Waals surface area contributed by atoms with Crippen molar-refractivity contribution in [3.8, 4) is 0 Å². The summed E-state index contributed by atoms with van der Waals surface area (Å²) in [5.74, 6) is -0.130. The highest BCUT2D eigenvalue weighted by Gasteiger charge is 2.44. The van der Waals surface area contributed by atoms with Crippen molar-refractivity contribution in [2.75, 3.05) is 11.9 Å². The molecule has 4 rings (SSSR count). The third-order valence-electron chi connectivity index (χ3n) is 4.51. The van der Waals surface area contributed by atoms with Crippen LogP contribution in [0.4, 0.5) is 10.3 Å². The van der Waals surface area contributed by atoms with Gasteiger partial charge >= 0.3 is 0 Å². The van der Waals surface area contributed by atoms with Gasteiger partial charge in [0.25, 0.3) is 5.91 Å². The number of amides is 1. The average molecular weight is 372 g/mol. The van der Waals surface area contributed by atoms with Crippen LogP contribution in [0.5, 0.6) is 0 Å². The van der Waals surface area contributed by atoms with E-state index in [1.54, 1.807) is 42.6 Å². The molecule has 9 heteroatoms. The Kier molecular flexibility index (Phi) is 4.56. The number of carbonyl (C=O) groups is 1. The first kappa shape index (κ1) is 17.5. The van der Waals surface area contributed by atoms with E-state index in [4.69, 9.17) is 4.74 Å². The van der Waals surface area contributed by atoms with Crippen LogP contribution in [0.1, 0.15) is 22.0 Å². The zero-order valence-corrected chi connectivity index (χ0v) is 14.1. The van der Waals surface area contributed by atoms with Crippen molar-refractivity contribution < 1.29 is 24.1 Å². The lowest BCUT2D eigenvalue weighted by Gasteiger charge is -2.10. The third-order valence-corrected chi connectivity index (χ3v) is 4.51. The maximum absolute atomic E-state index is 14.4. The minimum Gasteiger partial charge on any atom is -0.394 e. The van der Waals surface area contributed by atoms with Crippen molar-refractivity contribution >= 4 is 17.5 Å². The Hall–Kier alpha value is -2.88. The van der Waals surface area contributed by atoms with Gasteiger partial charge in [0.2, 0.25) is 5.95 Å². The second-order valence-electron chi connectivity index (χ2n) is 6.23. The fourth-order valence-corrected chi connectivity index (χ4v) is 3.10.